The van der Waals surface area contributed by atoms with Crippen LogP contribution in [0.5, 0.6) is 0 Å². The first-order valence-electron chi connectivity index (χ1n) is 5.08. The second-order valence-electron chi connectivity index (χ2n) is 3.64. The summed E-state index contributed by atoms with van der Waals surface area (Å²) >= 11 is 1.74. The predicted molar refractivity (Wildman–Crippen MR) is 66.7 cm³/mol. The van der Waals surface area contributed by atoms with E-state index in [0.717, 1.165) is 23.6 Å². The molecule has 3 aromatic heterocycles. The number of anilines is 1. The Bertz CT molecular complexity index is 610. The molecule has 0 aliphatic heterocycles. The van der Waals surface area contributed by atoms with Crippen LogP contribution in [0.1, 0.15) is 10.7 Å². The van der Waals surface area contributed by atoms with Gasteiger partial charge in [-0.15, -0.1) is 11.3 Å². The average Bonchev–Trinajstić information content (AvgIpc) is 2.90. The zero-order valence-corrected chi connectivity index (χ0v) is 9.45. The minimum Gasteiger partial charge on any atom is -0.385 e. The van der Waals surface area contributed by atoms with Gasteiger partial charge in [0.05, 0.1) is 11.7 Å². The first-order chi connectivity index (χ1) is 7.84. The van der Waals surface area contributed by atoms with Crippen LogP contribution in [0.15, 0.2) is 41.9 Å². The lowest BCUT2D eigenvalue weighted by Crippen LogP contribution is -2.01. The van der Waals surface area contributed by atoms with Crippen molar-refractivity contribution in [1.82, 2.24) is 9.38 Å². The highest BCUT2D eigenvalue weighted by Crippen LogP contribution is 2.18. The van der Waals surface area contributed by atoms with Gasteiger partial charge in [-0.1, -0.05) is 12.1 Å². The number of rotatable bonds is 2. The molecule has 80 valence electrons. The number of fused-ring (bicyclic) bond motifs is 1. The Hall–Kier alpha value is -1.81. The van der Waals surface area contributed by atoms with Gasteiger partial charge in [0.25, 0.3) is 0 Å². The van der Waals surface area contributed by atoms with E-state index < -0.39 is 0 Å². The molecular weight excluding hydrogens is 218 g/mol. The predicted octanol–water partition coefficient (Wildman–Crippen LogP) is 2.57. The molecular formula is C12H11N3S. The summed E-state index contributed by atoms with van der Waals surface area (Å²) in [6, 6.07) is 10.0. The van der Waals surface area contributed by atoms with Crippen LogP contribution in [-0.2, 0) is 6.42 Å². The van der Waals surface area contributed by atoms with Crippen LogP contribution in [-0.4, -0.2) is 9.38 Å². The summed E-state index contributed by atoms with van der Waals surface area (Å²) < 4.78 is 2.00. The molecule has 0 aliphatic carbocycles. The lowest BCUT2D eigenvalue weighted by atomic mass is 10.3. The largest absolute Gasteiger partial charge is 0.385 e. The quantitative estimate of drug-likeness (QED) is 0.734. The Balaban J connectivity index is 2.10. The van der Waals surface area contributed by atoms with E-state index in [-0.39, 0.29) is 0 Å². The average molecular weight is 229 g/mol. The number of hydrogen-bond acceptors (Lipinski definition) is 3. The molecule has 3 nitrogen and oxygen atoms in total. The van der Waals surface area contributed by atoms with E-state index in [0.29, 0.717) is 0 Å². The van der Waals surface area contributed by atoms with Gasteiger partial charge in [0.15, 0.2) is 0 Å². The molecule has 4 heteroatoms. The SMILES string of the molecule is Nc1cccc2cnc(Cc3cccs3)n12. The molecule has 0 fully saturated rings. The van der Waals surface area contributed by atoms with Crippen molar-refractivity contribution in [3.8, 4) is 0 Å². The fourth-order valence-corrected chi connectivity index (χ4v) is 2.54. The van der Waals surface area contributed by atoms with E-state index >= 15 is 0 Å². The van der Waals surface area contributed by atoms with E-state index in [2.05, 4.69) is 22.5 Å². The molecule has 0 atom stereocenters. The maximum Gasteiger partial charge on any atom is 0.120 e. The smallest absolute Gasteiger partial charge is 0.120 e. The summed E-state index contributed by atoms with van der Waals surface area (Å²) in [5.41, 5.74) is 7.00. The fourth-order valence-electron chi connectivity index (χ4n) is 1.83. The Morgan fingerprint density at radius 3 is 3.00 bits per heavy atom. The summed E-state index contributed by atoms with van der Waals surface area (Å²) in [5, 5.41) is 2.08. The first-order valence-corrected chi connectivity index (χ1v) is 5.96. The van der Waals surface area contributed by atoms with Crippen LogP contribution in [0.25, 0.3) is 5.52 Å². The molecule has 0 radical (unpaired) electrons. The number of thiophene rings is 1. The number of pyridine rings is 1. The van der Waals surface area contributed by atoms with Crippen LogP contribution in [0, 0.1) is 0 Å². The number of nitrogens with zero attached hydrogens (tertiary/aromatic N) is 2. The molecule has 0 spiro atoms. The molecule has 0 saturated carbocycles. The summed E-state index contributed by atoms with van der Waals surface area (Å²) in [7, 11) is 0. The normalized spacial score (nSPS) is 11.0. The van der Waals surface area contributed by atoms with Gasteiger partial charge in [0, 0.05) is 11.3 Å². The highest BCUT2D eigenvalue weighted by Gasteiger charge is 2.06. The van der Waals surface area contributed by atoms with Crippen molar-refractivity contribution in [2.75, 3.05) is 5.73 Å². The molecule has 3 heterocycles. The van der Waals surface area contributed by atoms with Crippen molar-refractivity contribution in [2.24, 2.45) is 0 Å². The molecule has 0 saturated heterocycles. The van der Waals surface area contributed by atoms with E-state index in [1.165, 1.54) is 4.88 Å². The van der Waals surface area contributed by atoms with Crippen LogP contribution < -0.4 is 5.73 Å². The van der Waals surface area contributed by atoms with Crippen LogP contribution >= 0.6 is 11.3 Å². The van der Waals surface area contributed by atoms with Crippen molar-refractivity contribution in [3.05, 3.63) is 52.6 Å². The zero-order valence-electron chi connectivity index (χ0n) is 8.63. The van der Waals surface area contributed by atoms with Gasteiger partial charge in [-0.25, -0.2) is 4.98 Å². The molecule has 3 aromatic rings. The van der Waals surface area contributed by atoms with E-state index in [1.54, 1.807) is 11.3 Å². The maximum atomic E-state index is 5.96. The van der Waals surface area contributed by atoms with Crippen LogP contribution in [0.2, 0.25) is 0 Å². The third-order valence-corrected chi connectivity index (χ3v) is 3.44. The Morgan fingerprint density at radius 2 is 2.19 bits per heavy atom. The summed E-state index contributed by atoms with van der Waals surface area (Å²) in [6.07, 6.45) is 2.69. The Labute approximate surface area is 97.2 Å². The number of hydrogen-bond donors (Lipinski definition) is 1. The molecule has 0 unspecified atom stereocenters. The van der Waals surface area contributed by atoms with Gasteiger partial charge in [-0.2, -0.15) is 0 Å². The van der Waals surface area contributed by atoms with Crippen molar-refractivity contribution >= 4 is 22.7 Å². The summed E-state index contributed by atoms with van der Waals surface area (Å²) in [5.74, 6) is 1.73. The van der Waals surface area contributed by atoms with Gasteiger partial charge < -0.3 is 5.73 Å². The second kappa shape index (κ2) is 3.64. The second-order valence-corrected chi connectivity index (χ2v) is 4.67. The molecule has 0 aromatic carbocycles. The molecule has 0 amide bonds. The third-order valence-electron chi connectivity index (χ3n) is 2.57. The van der Waals surface area contributed by atoms with Gasteiger partial charge in [0.2, 0.25) is 0 Å². The number of nitrogen functional groups attached to an aromatic ring is 1. The lowest BCUT2D eigenvalue weighted by Gasteiger charge is -2.03. The van der Waals surface area contributed by atoms with Crippen molar-refractivity contribution in [3.63, 3.8) is 0 Å². The standard InChI is InChI=1S/C12H11N3S/c13-11-5-1-3-9-8-14-12(15(9)11)7-10-4-2-6-16-10/h1-6,8H,7,13H2. The molecule has 0 bridgehead atoms. The van der Waals surface area contributed by atoms with Crippen molar-refractivity contribution in [1.29, 1.82) is 0 Å². The fraction of sp³-hybridized carbons (Fsp3) is 0.0833. The zero-order chi connectivity index (χ0) is 11.0. The van der Waals surface area contributed by atoms with E-state index in [1.807, 2.05) is 28.8 Å². The lowest BCUT2D eigenvalue weighted by molar-refractivity contribution is 0.981. The van der Waals surface area contributed by atoms with Gasteiger partial charge >= 0.3 is 0 Å². The van der Waals surface area contributed by atoms with Gasteiger partial charge in [-0.3, -0.25) is 4.40 Å². The molecule has 0 aliphatic rings. The van der Waals surface area contributed by atoms with Gasteiger partial charge in [0.1, 0.15) is 11.6 Å². The minimum atomic E-state index is 0.738. The monoisotopic (exact) mass is 229 g/mol. The number of nitrogens with two attached hydrogens (primary N) is 1. The number of imidazole rings is 1. The number of aromatic nitrogens is 2. The molecule has 16 heavy (non-hydrogen) atoms. The van der Waals surface area contributed by atoms with Crippen molar-refractivity contribution in [2.45, 2.75) is 6.42 Å². The Kier molecular flexibility index (Phi) is 2.15. The summed E-state index contributed by atoms with van der Waals surface area (Å²) in [6.45, 7) is 0. The van der Waals surface area contributed by atoms with Crippen LogP contribution in [0.4, 0.5) is 5.82 Å². The highest BCUT2D eigenvalue weighted by molar-refractivity contribution is 7.09. The molecule has 3 rings (SSSR count). The third kappa shape index (κ3) is 1.47. The first kappa shape index (κ1) is 9.42. The van der Waals surface area contributed by atoms with E-state index in [4.69, 9.17) is 5.73 Å². The maximum absolute atomic E-state index is 5.96. The Morgan fingerprint density at radius 1 is 1.25 bits per heavy atom. The molecule has 2 N–H and O–H groups in total. The minimum absolute atomic E-state index is 0.738. The topological polar surface area (TPSA) is 43.3 Å². The van der Waals surface area contributed by atoms with E-state index in [9.17, 15) is 0 Å². The van der Waals surface area contributed by atoms with Gasteiger partial charge in [-0.05, 0) is 23.6 Å². The highest BCUT2D eigenvalue weighted by atomic mass is 32.1. The van der Waals surface area contributed by atoms with Crippen molar-refractivity contribution < 1.29 is 0 Å². The summed E-state index contributed by atoms with van der Waals surface area (Å²) in [4.78, 5) is 5.72. The van der Waals surface area contributed by atoms with Crippen LogP contribution in [0.3, 0.4) is 0 Å².